The average molecular weight is 232 g/mol. The van der Waals surface area contributed by atoms with Crippen LogP contribution in [0.4, 0.5) is 0 Å². The molecule has 2 N–H and O–H groups in total. The van der Waals surface area contributed by atoms with Crippen LogP contribution in [0.5, 0.6) is 0 Å². The zero-order valence-corrected chi connectivity index (χ0v) is 11.2. The number of benzene rings is 1. The minimum Gasteiger partial charge on any atom is -0.329 e. The zero-order valence-electron chi connectivity index (χ0n) is 11.2. The highest BCUT2D eigenvalue weighted by Crippen LogP contribution is 2.43. The number of likely N-dealkylation sites (N-methyl/N-ethyl adjacent to an activating group) is 1. The summed E-state index contributed by atoms with van der Waals surface area (Å²) in [6.07, 6.45) is 2.69. The summed E-state index contributed by atoms with van der Waals surface area (Å²) in [6.45, 7) is 5.14. The van der Waals surface area contributed by atoms with Crippen LogP contribution in [0, 0.1) is 0 Å². The molecule has 1 aromatic rings. The van der Waals surface area contributed by atoms with E-state index in [-0.39, 0.29) is 0 Å². The molecule has 0 saturated heterocycles. The molecule has 1 aliphatic rings. The van der Waals surface area contributed by atoms with E-state index < -0.39 is 0 Å². The van der Waals surface area contributed by atoms with Crippen molar-refractivity contribution in [1.29, 1.82) is 0 Å². The van der Waals surface area contributed by atoms with Crippen molar-refractivity contribution in [2.24, 2.45) is 5.73 Å². The largest absolute Gasteiger partial charge is 0.329 e. The molecule has 0 aromatic heterocycles. The molecule has 2 nitrogen and oxygen atoms in total. The maximum Gasteiger partial charge on any atom is 0.0472 e. The molecule has 0 amide bonds. The van der Waals surface area contributed by atoms with Gasteiger partial charge < -0.3 is 5.73 Å². The summed E-state index contributed by atoms with van der Waals surface area (Å²) in [6, 6.07) is 9.70. The molecule has 0 radical (unpaired) electrons. The van der Waals surface area contributed by atoms with Gasteiger partial charge in [-0.05, 0) is 50.8 Å². The van der Waals surface area contributed by atoms with Crippen molar-refractivity contribution in [3.8, 4) is 0 Å². The van der Waals surface area contributed by atoms with E-state index in [2.05, 4.69) is 50.1 Å². The molecular weight excluding hydrogens is 208 g/mol. The van der Waals surface area contributed by atoms with Gasteiger partial charge in [0.15, 0.2) is 0 Å². The first-order valence-corrected chi connectivity index (χ1v) is 6.66. The Labute approximate surface area is 105 Å². The van der Waals surface area contributed by atoms with Crippen LogP contribution in [-0.2, 0) is 0 Å². The van der Waals surface area contributed by atoms with Crippen LogP contribution in [-0.4, -0.2) is 24.5 Å². The lowest BCUT2D eigenvalue weighted by Gasteiger charge is -2.32. The van der Waals surface area contributed by atoms with Crippen LogP contribution in [0.25, 0.3) is 0 Å². The van der Waals surface area contributed by atoms with Crippen LogP contribution in [0.1, 0.15) is 49.8 Å². The van der Waals surface area contributed by atoms with Crippen LogP contribution in [0.15, 0.2) is 24.3 Å². The Balaban J connectivity index is 2.29. The smallest absolute Gasteiger partial charge is 0.0472 e. The normalized spacial score (nSPS) is 17.8. The van der Waals surface area contributed by atoms with Crippen molar-refractivity contribution < 1.29 is 0 Å². The van der Waals surface area contributed by atoms with E-state index in [9.17, 15) is 0 Å². The minimum absolute atomic E-state index is 0.354. The maximum atomic E-state index is 5.99. The molecular formula is C15H24N2. The molecule has 1 aliphatic carbocycles. The summed E-state index contributed by atoms with van der Waals surface area (Å²) in [5.74, 6) is 0.792. The number of hydrogen-bond acceptors (Lipinski definition) is 2. The molecule has 1 fully saturated rings. The van der Waals surface area contributed by atoms with Crippen LogP contribution in [0.2, 0.25) is 0 Å². The molecule has 1 saturated carbocycles. The van der Waals surface area contributed by atoms with E-state index in [0.29, 0.717) is 18.6 Å². The second-order valence-electron chi connectivity index (χ2n) is 5.41. The fourth-order valence-corrected chi connectivity index (χ4v) is 2.45. The summed E-state index contributed by atoms with van der Waals surface area (Å²) in [7, 11) is 2.17. The Morgan fingerprint density at radius 3 is 2.47 bits per heavy atom. The SMILES string of the molecule is CC(C)N(C)C(CN)c1ccccc1C1CC1. The predicted molar refractivity (Wildman–Crippen MR) is 73.1 cm³/mol. The van der Waals surface area contributed by atoms with Crippen molar-refractivity contribution >= 4 is 0 Å². The second-order valence-corrected chi connectivity index (χ2v) is 5.41. The summed E-state index contributed by atoms with van der Waals surface area (Å²) >= 11 is 0. The molecule has 2 heteroatoms. The number of rotatable bonds is 5. The van der Waals surface area contributed by atoms with Gasteiger partial charge in [-0.1, -0.05) is 24.3 Å². The van der Waals surface area contributed by atoms with Gasteiger partial charge in [0.05, 0.1) is 0 Å². The van der Waals surface area contributed by atoms with Gasteiger partial charge in [-0.2, -0.15) is 0 Å². The standard InChI is InChI=1S/C15H24N2/c1-11(2)17(3)15(10-16)14-7-5-4-6-13(14)12-8-9-12/h4-7,11-12,15H,8-10,16H2,1-3H3. The minimum atomic E-state index is 0.354. The Bertz CT molecular complexity index is 369. The third-order valence-electron chi connectivity index (χ3n) is 3.90. The fourth-order valence-electron chi connectivity index (χ4n) is 2.45. The van der Waals surface area contributed by atoms with Gasteiger partial charge in [-0.15, -0.1) is 0 Å². The highest BCUT2D eigenvalue weighted by atomic mass is 15.2. The van der Waals surface area contributed by atoms with Gasteiger partial charge in [-0.3, -0.25) is 4.90 Å². The van der Waals surface area contributed by atoms with Gasteiger partial charge in [0, 0.05) is 18.6 Å². The quantitative estimate of drug-likeness (QED) is 0.846. The molecule has 1 aromatic carbocycles. The van der Waals surface area contributed by atoms with Crippen molar-refractivity contribution in [2.45, 2.75) is 44.7 Å². The third-order valence-corrected chi connectivity index (χ3v) is 3.90. The first kappa shape index (κ1) is 12.6. The lowest BCUT2D eigenvalue weighted by Crippen LogP contribution is -2.35. The van der Waals surface area contributed by atoms with Gasteiger partial charge in [-0.25, -0.2) is 0 Å². The van der Waals surface area contributed by atoms with E-state index in [4.69, 9.17) is 5.73 Å². The van der Waals surface area contributed by atoms with Crippen LogP contribution in [0.3, 0.4) is 0 Å². The fraction of sp³-hybridized carbons (Fsp3) is 0.600. The zero-order chi connectivity index (χ0) is 12.4. The Kier molecular flexibility index (Phi) is 3.85. The van der Waals surface area contributed by atoms with Crippen molar-refractivity contribution in [1.82, 2.24) is 4.90 Å². The monoisotopic (exact) mass is 232 g/mol. The first-order chi connectivity index (χ1) is 8.15. The molecule has 94 valence electrons. The molecule has 0 heterocycles. The van der Waals surface area contributed by atoms with Crippen LogP contribution < -0.4 is 5.73 Å². The van der Waals surface area contributed by atoms with Gasteiger partial charge in [0.2, 0.25) is 0 Å². The van der Waals surface area contributed by atoms with Crippen molar-refractivity contribution in [3.63, 3.8) is 0 Å². The van der Waals surface area contributed by atoms with E-state index in [1.54, 1.807) is 0 Å². The third kappa shape index (κ3) is 2.70. The highest BCUT2D eigenvalue weighted by Gasteiger charge is 2.29. The molecule has 0 aliphatic heterocycles. The summed E-state index contributed by atoms with van der Waals surface area (Å²) in [5, 5.41) is 0. The summed E-state index contributed by atoms with van der Waals surface area (Å²) in [4.78, 5) is 2.38. The average Bonchev–Trinajstić information content (AvgIpc) is 3.14. The molecule has 17 heavy (non-hydrogen) atoms. The summed E-state index contributed by atoms with van der Waals surface area (Å²) in [5.41, 5.74) is 8.95. The number of nitrogens with two attached hydrogens (primary N) is 1. The molecule has 1 unspecified atom stereocenters. The van der Waals surface area contributed by atoms with E-state index in [1.165, 1.54) is 24.0 Å². The number of nitrogens with zero attached hydrogens (tertiary/aromatic N) is 1. The number of hydrogen-bond donors (Lipinski definition) is 1. The topological polar surface area (TPSA) is 29.3 Å². The molecule has 2 rings (SSSR count). The van der Waals surface area contributed by atoms with Crippen molar-refractivity contribution in [3.05, 3.63) is 35.4 Å². The Hall–Kier alpha value is -0.860. The van der Waals surface area contributed by atoms with Crippen LogP contribution >= 0.6 is 0 Å². The lowest BCUT2D eigenvalue weighted by molar-refractivity contribution is 0.200. The Morgan fingerprint density at radius 2 is 1.94 bits per heavy atom. The second kappa shape index (κ2) is 5.19. The van der Waals surface area contributed by atoms with E-state index in [1.807, 2.05) is 0 Å². The summed E-state index contributed by atoms with van der Waals surface area (Å²) < 4.78 is 0. The maximum absolute atomic E-state index is 5.99. The molecule has 1 atom stereocenters. The van der Waals surface area contributed by atoms with E-state index in [0.717, 1.165) is 5.92 Å². The Morgan fingerprint density at radius 1 is 1.29 bits per heavy atom. The predicted octanol–water partition coefficient (Wildman–Crippen LogP) is 2.90. The van der Waals surface area contributed by atoms with Gasteiger partial charge in [0.25, 0.3) is 0 Å². The molecule has 0 spiro atoms. The van der Waals surface area contributed by atoms with E-state index >= 15 is 0 Å². The van der Waals surface area contributed by atoms with Crippen molar-refractivity contribution in [2.75, 3.05) is 13.6 Å². The molecule has 0 bridgehead atoms. The lowest BCUT2D eigenvalue weighted by atomic mass is 9.95. The van der Waals surface area contributed by atoms with Gasteiger partial charge >= 0.3 is 0 Å². The first-order valence-electron chi connectivity index (χ1n) is 6.66. The highest BCUT2D eigenvalue weighted by molar-refractivity contribution is 5.35. The van der Waals surface area contributed by atoms with Gasteiger partial charge in [0.1, 0.15) is 0 Å².